The largest absolute Gasteiger partial charge is 0.464 e. The van der Waals surface area contributed by atoms with Gasteiger partial charge < -0.3 is 14.4 Å². The molecule has 0 bridgehead atoms. The third kappa shape index (κ3) is 5.86. The summed E-state index contributed by atoms with van der Waals surface area (Å²) < 4.78 is 13.4. The van der Waals surface area contributed by atoms with Crippen molar-refractivity contribution in [3.63, 3.8) is 0 Å². The van der Waals surface area contributed by atoms with Gasteiger partial charge in [-0.25, -0.2) is 0 Å². The molecule has 9 aromatic rings. The fourth-order valence-electron chi connectivity index (χ4n) is 10.8. The smallest absolute Gasteiger partial charge is 0.203 e. The maximum atomic E-state index is 6.72. The second-order valence-corrected chi connectivity index (χ2v) is 17.2. The van der Waals surface area contributed by atoms with Gasteiger partial charge in [-0.15, -0.1) is 0 Å². The van der Waals surface area contributed by atoms with Crippen molar-refractivity contribution in [3.05, 3.63) is 264 Å². The number of rotatable bonds is 7. The molecular formula is C60H43N3O2. The average molecular weight is 838 g/mol. The second-order valence-electron chi connectivity index (χ2n) is 17.2. The average Bonchev–Trinajstić information content (AvgIpc) is 4.05. The summed E-state index contributed by atoms with van der Waals surface area (Å²) in [5.41, 5.74) is 17.2. The molecule has 5 nitrogen and oxygen atoms in total. The summed E-state index contributed by atoms with van der Waals surface area (Å²) in [6.45, 7) is 0. The van der Waals surface area contributed by atoms with Gasteiger partial charge in [0.15, 0.2) is 0 Å². The molecule has 2 aliphatic carbocycles. The highest BCUT2D eigenvalue weighted by molar-refractivity contribution is 5.89. The maximum absolute atomic E-state index is 6.72. The van der Waals surface area contributed by atoms with Crippen LogP contribution < -0.4 is 24.2 Å². The lowest BCUT2D eigenvalue weighted by molar-refractivity contribution is 0.240. The number of allylic oxidation sites excluding steroid dienone is 1. The molecule has 0 amide bonds. The first-order valence-corrected chi connectivity index (χ1v) is 22.4. The summed E-state index contributed by atoms with van der Waals surface area (Å²) in [7, 11) is 0. The van der Waals surface area contributed by atoms with Gasteiger partial charge in [0.2, 0.25) is 12.5 Å². The maximum Gasteiger partial charge on any atom is 0.203 e. The molecule has 9 aromatic carbocycles. The molecule has 0 fully saturated rings. The minimum atomic E-state index is -0.322. The summed E-state index contributed by atoms with van der Waals surface area (Å²) in [6.07, 6.45) is 4.90. The minimum absolute atomic E-state index is 0.307. The Morgan fingerprint density at radius 2 is 0.892 bits per heavy atom. The lowest BCUT2D eigenvalue weighted by atomic mass is 9.66. The summed E-state index contributed by atoms with van der Waals surface area (Å²) in [6, 6.07) is 80.5. The normalized spacial score (nSPS) is 18.3. The van der Waals surface area contributed by atoms with Crippen molar-refractivity contribution >= 4 is 45.9 Å². The zero-order valence-electron chi connectivity index (χ0n) is 35.5. The first kappa shape index (κ1) is 37.3. The number of ether oxygens (including phenoxy) is 2. The Morgan fingerprint density at radius 3 is 1.49 bits per heavy atom. The SMILES string of the molecule is C1=Cc2ccccc2C2(C1)c1ccccc1-c1ccc(N(c3ccc(C4Oc5ccccc5N4c4ccccc4)cc3)c3ccc(C4Oc5ccccc5N4c4ccccc4)cc3)cc12. The Morgan fingerprint density at radius 1 is 0.415 bits per heavy atom. The van der Waals surface area contributed by atoms with Crippen LogP contribution in [0.4, 0.5) is 39.8 Å². The van der Waals surface area contributed by atoms with Gasteiger partial charge in [-0.2, -0.15) is 0 Å². The van der Waals surface area contributed by atoms with E-state index < -0.39 is 0 Å². The van der Waals surface area contributed by atoms with Crippen LogP contribution >= 0.6 is 0 Å². The van der Waals surface area contributed by atoms with Crippen molar-refractivity contribution < 1.29 is 9.47 Å². The number of nitrogens with zero attached hydrogens (tertiary/aromatic N) is 3. The molecular weight excluding hydrogens is 795 g/mol. The Bertz CT molecular complexity index is 3140. The number of para-hydroxylation sites is 6. The van der Waals surface area contributed by atoms with Crippen molar-refractivity contribution in [2.75, 3.05) is 14.7 Å². The molecule has 310 valence electrons. The van der Waals surface area contributed by atoms with Gasteiger partial charge in [0.05, 0.1) is 16.8 Å². The Labute approximate surface area is 379 Å². The fraction of sp³-hybridized carbons (Fsp3) is 0.0667. The van der Waals surface area contributed by atoms with Crippen LogP contribution in [-0.4, -0.2) is 0 Å². The lowest BCUT2D eigenvalue weighted by Gasteiger charge is -2.36. The van der Waals surface area contributed by atoms with Crippen molar-refractivity contribution in [2.24, 2.45) is 0 Å². The van der Waals surface area contributed by atoms with Crippen molar-refractivity contribution in [2.45, 2.75) is 24.3 Å². The summed E-state index contributed by atoms with van der Waals surface area (Å²) in [5.74, 6) is 1.75. The van der Waals surface area contributed by atoms with E-state index in [9.17, 15) is 0 Å². The molecule has 1 spiro atoms. The predicted molar refractivity (Wildman–Crippen MR) is 263 cm³/mol. The molecule has 0 saturated heterocycles. The number of hydrogen-bond donors (Lipinski definition) is 0. The third-order valence-electron chi connectivity index (χ3n) is 13.7. The zero-order valence-corrected chi connectivity index (χ0v) is 35.5. The molecule has 0 radical (unpaired) electrons. The molecule has 3 atom stereocenters. The molecule has 13 rings (SSSR count). The van der Waals surface area contributed by atoms with Crippen LogP contribution in [0.15, 0.2) is 231 Å². The number of anilines is 7. The molecule has 2 aliphatic heterocycles. The van der Waals surface area contributed by atoms with Crippen LogP contribution in [0.2, 0.25) is 0 Å². The summed E-state index contributed by atoms with van der Waals surface area (Å²) in [4.78, 5) is 6.97. The van der Waals surface area contributed by atoms with E-state index in [2.05, 4.69) is 239 Å². The fourth-order valence-corrected chi connectivity index (χ4v) is 10.8. The highest BCUT2D eigenvalue weighted by atomic mass is 16.5. The van der Waals surface area contributed by atoms with Crippen molar-refractivity contribution in [1.29, 1.82) is 0 Å². The Hall–Kier alpha value is -8.28. The predicted octanol–water partition coefficient (Wildman–Crippen LogP) is 15.3. The lowest BCUT2D eigenvalue weighted by Crippen LogP contribution is -2.29. The molecule has 0 saturated carbocycles. The number of fused-ring (bicyclic) bond motifs is 9. The van der Waals surface area contributed by atoms with E-state index in [1.54, 1.807) is 0 Å². The number of benzene rings is 9. The van der Waals surface area contributed by atoms with E-state index in [-0.39, 0.29) is 17.9 Å². The molecule has 4 aliphatic rings. The van der Waals surface area contributed by atoms with Crippen LogP contribution in [0.3, 0.4) is 0 Å². The second kappa shape index (κ2) is 14.9. The third-order valence-corrected chi connectivity index (χ3v) is 13.7. The standard InChI is InChI=1S/C60H43N3O2/c1-3-18-44(19-4-1)62-54-25-11-13-27-56(54)64-58(62)42-29-33-46(34-30-42)61(47-35-31-43(32-36-47)59-63(45-20-5-2-6-21-45)55-26-12-14-28-57(55)65-59)48-37-38-50-49-22-8-10-24-52(49)60(53(50)40-48)39-15-17-41-16-7-9-23-51(41)60/h1-38,40,58-59H,39H2. The van der Waals surface area contributed by atoms with Crippen molar-refractivity contribution in [3.8, 4) is 22.6 Å². The van der Waals surface area contributed by atoms with Gasteiger partial charge in [-0.1, -0.05) is 152 Å². The molecule has 0 N–H and O–H groups in total. The summed E-state index contributed by atoms with van der Waals surface area (Å²) >= 11 is 0. The first-order chi connectivity index (χ1) is 32.2. The van der Waals surface area contributed by atoms with Crippen LogP contribution in [0.1, 0.15) is 52.3 Å². The quantitative estimate of drug-likeness (QED) is 0.159. The van der Waals surface area contributed by atoms with Gasteiger partial charge in [0.1, 0.15) is 11.5 Å². The topological polar surface area (TPSA) is 28.2 Å². The molecule has 5 heteroatoms. The van der Waals surface area contributed by atoms with E-state index in [4.69, 9.17) is 9.47 Å². The first-order valence-electron chi connectivity index (χ1n) is 22.4. The van der Waals surface area contributed by atoms with E-state index in [1.165, 1.54) is 33.4 Å². The van der Waals surface area contributed by atoms with Gasteiger partial charge in [0, 0.05) is 39.6 Å². The molecule has 0 aromatic heterocycles. The van der Waals surface area contributed by atoms with Gasteiger partial charge in [0.25, 0.3) is 0 Å². The van der Waals surface area contributed by atoms with Crippen LogP contribution in [-0.2, 0) is 5.41 Å². The van der Waals surface area contributed by atoms with Crippen molar-refractivity contribution in [1.82, 2.24) is 0 Å². The van der Waals surface area contributed by atoms with E-state index >= 15 is 0 Å². The summed E-state index contributed by atoms with van der Waals surface area (Å²) in [5, 5.41) is 0. The van der Waals surface area contributed by atoms with Crippen LogP contribution in [0, 0.1) is 0 Å². The Balaban J connectivity index is 0.936. The highest BCUT2D eigenvalue weighted by Gasteiger charge is 2.46. The molecule has 3 unspecified atom stereocenters. The molecule has 2 heterocycles. The number of hydrogen-bond acceptors (Lipinski definition) is 5. The van der Waals surface area contributed by atoms with Crippen LogP contribution in [0.5, 0.6) is 11.5 Å². The van der Waals surface area contributed by atoms with Gasteiger partial charge >= 0.3 is 0 Å². The van der Waals surface area contributed by atoms with Gasteiger partial charge in [-0.3, -0.25) is 9.80 Å². The van der Waals surface area contributed by atoms with Gasteiger partial charge in [-0.05, 0) is 125 Å². The van der Waals surface area contributed by atoms with E-state index in [1.807, 2.05) is 12.1 Å². The van der Waals surface area contributed by atoms with E-state index in [0.717, 1.165) is 68.9 Å². The molecule has 65 heavy (non-hydrogen) atoms. The highest BCUT2D eigenvalue weighted by Crippen LogP contribution is 2.58. The van der Waals surface area contributed by atoms with Crippen LogP contribution in [0.25, 0.3) is 17.2 Å². The Kier molecular flexibility index (Phi) is 8.56. The zero-order chi connectivity index (χ0) is 42.9. The van der Waals surface area contributed by atoms with E-state index in [0.29, 0.717) is 0 Å². The minimum Gasteiger partial charge on any atom is -0.464 e. The monoisotopic (exact) mass is 837 g/mol.